The number of nitrogen functional groups attached to an aromatic ring is 1. The van der Waals surface area contributed by atoms with Crippen molar-refractivity contribution in [1.82, 2.24) is 4.98 Å². The SMILES string of the molecule is COc1ncc(-c2ccc(F)cc2)cc1N. The third-order valence-electron chi connectivity index (χ3n) is 2.25. The second kappa shape index (κ2) is 4.18. The van der Waals surface area contributed by atoms with Gasteiger partial charge in [-0.2, -0.15) is 0 Å². The van der Waals surface area contributed by atoms with Crippen molar-refractivity contribution in [2.75, 3.05) is 12.8 Å². The molecule has 1 aromatic carbocycles. The Morgan fingerprint density at radius 1 is 1.19 bits per heavy atom. The van der Waals surface area contributed by atoms with Gasteiger partial charge in [-0.15, -0.1) is 0 Å². The molecule has 3 nitrogen and oxygen atoms in total. The monoisotopic (exact) mass is 218 g/mol. The van der Waals surface area contributed by atoms with Crippen molar-refractivity contribution in [2.24, 2.45) is 0 Å². The lowest BCUT2D eigenvalue weighted by Crippen LogP contribution is -1.95. The van der Waals surface area contributed by atoms with Gasteiger partial charge in [-0.3, -0.25) is 0 Å². The van der Waals surface area contributed by atoms with E-state index < -0.39 is 0 Å². The summed E-state index contributed by atoms with van der Waals surface area (Å²) in [6.07, 6.45) is 1.64. The van der Waals surface area contributed by atoms with Crippen LogP contribution in [0.5, 0.6) is 5.88 Å². The summed E-state index contributed by atoms with van der Waals surface area (Å²) in [4.78, 5) is 4.05. The van der Waals surface area contributed by atoms with Gasteiger partial charge in [-0.05, 0) is 23.8 Å². The molecule has 82 valence electrons. The first kappa shape index (κ1) is 10.4. The fourth-order valence-electron chi connectivity index (χ4n) is 1.44. The summed E-state index contributed by atoms with van der Waals surface area (Å²) in [5.41, 5.74) is 7.90. The zero-order valence-electron chi connectivity index (χ0n) is 8.77. The van der Waals surface area contributed by atoms with Crippen molar-refractivity contribution in [3.05, 3.63) is 42.3 Å². The van der Waals surface area contributed by atoms with Crippen molar-refractivity contribution in [3.8, 4) is 17.0 Å². The number of pyridine rings is 1. The number of hydrogen-bond donors (Lipinski definition) is 1. The largest absolute Gasteiger partial charge is 0.480 e. The van der Waals surface area contributed by atoms with Gasteiger partial charge in [0.1, 0.15) is 5.82 Å². The quantitative estimate of drug-likeness (QED) is 0.842. The highest BCUT2D eigenvalue weighted by Crippen LogP contribution is 2.25. The van der Waals surface area contributed by atoms with E-state index in [0.717, 1.165) is 11.1 Å². The summed E-state index contributed by atoms with van der Waals surface area (Å²) >= 11 is 0. The minimum atomic E-state index is -0.266. The lowest BCUT2D eigenvalue weighted by Gasteiger charge is -2.06. The van der Waals surface area contributed by atoms with Crippen molar-refractivity contribution in [1.29, 1.82) is 0 Å². The van der Waals surface area contributed by atoms with Gasteiger partial charge in [0, 0.05) is 11.8 Å². The van der Waals surface area contributed by atoms with E-state index in [9.17, 15) is 4.39 Å². The molecule has 1 aromatic heterocycles. The van der Waals surface area contributed by atoms with E-state index in [2.05, 4.69) is 4.98 Å². The molecule has 2 aromatic rings. The average Bonchev–Trinajstić information content (AvgIpc) is 2.30. The molecule has 4 heteroatoms. The highest BCUT2D eigenvalue weighted by molar-refractivity contribution is 5.68. The van der Waals surface area contributed by atoms with Crippen LogP contribution in [0.15, 0.2) is 36.5 Å². The molecule has 2 N–H and O–H groups in total. The van der Waals surface area contributed by atoms with Gasteiger partial charge in [0.05, 0.1) is 12.8 Å². The van der Waals surface area contributed by atoms with Gasteiger partial charge in [0.15, 0.2) is 0 Å². The first-order chi connectivity index (χ1) is 7.70. The highest BCUT2D eigenvalue weighted by atomic mass is 19.1. The molecule has 0 aliphatic carbocycles. The molecule has 0 unspecified atom stereocenters. The van der Waals surface area contributed by atoms with Crippen molar-refractivity contribution >= 4 is 5.69 Å². The molecule has 0 fully saturated rings. The second-order valence-electron chi connectivity index (χ2n) is 3.33. The van der Waals surface area contributed by atoms with Crippen LogP contribution in [0, 0.1) is 5.82 Å². The van der Waals surface area contributed by atoms with Crippen LogP contribution in [-0.4, -0.2) is 12.1 Å². The van der Waals surface area contributed by atoms with E-state index in [-0.39, 0.29) is 5.82 Å². The van der Waals surface area contributed by atoms with Gasteiger partial charge in [-0.1, -0.05) is 12.1 Å². The van der Waals surface area contributed by atoms with Crippen molar-refractivity contribution < 1.29 is 9.13 Å². The number of hydrogen-bond acceptors (Lipinski definition) is 3. The molecule has 0 atom stereocenters. The molecule has 0 saturated carbocycles. The molecular formula is C12H11FN2O. The Labute approximate surface area is 92.7 Å². The summed E-state index contributed by atoms with van der Waals surface area (Å²) in [7, 11) is 1.51. The summed E-state index contributed by atoms with van der Waals surface area (Å²) < 4.78 is 17.7. The smallest absolute Gasteiger partial charge is 0.236 e. The number of rotatable bonds is 2. The molecule has 0 saturated heterocycles. The van der Waals surface area contributed by atoms with Crippen molar-refractivity contribution in [2.45, 2.75) is 0 Å². The van der Waals surface area contributed by atoms with Gasteiger partial charge >= 0.3 is 0 Å². The minimum absolute atomic E-state index is 0.266. The minimum Gasteiger partial charge on any atom is -0.480 e. The Morgan fingerprint density at radius 2 is 1.88 bits per heavy atom. The summed E-state index contributed by atoms with van der Waals surface area (Å²) in [6.45, 7) is 0. The third-order valence-corrected chi connectivity index (χ3v) is 2.25. The number of anilines is 1. The summed E-state index contributed by atoms with van der Waals surface area (Å²) in [5.74, 6) is 0.129. The molecule has 0 bridgehead atoms. The van der Waals surface area contributed by atoms with E-state index >= 15 is 0 Å². The number of nitrogens with zero attached hydrogens (tertiary/aromatic N) is 1. The topological polar surface area (TPSA) is 48.1 Å². The lowest BCUT2D eigenvalue weighted by molar-refractivity contribution is 0.400. The molecule has 2 rings (SSSR count). The Kier molecular flexibility index (Phi) is 2.72. The number of benzene rings is 1. The van der Waals surface area contributed by atoms with Crippen LogP contribution in [0.1, 0.15) is 0 Å². The van der Waals surface area contributed by atoms with E-state index in [1.807, 2.05) is 0 Å². The molecular weight excluding hydrogens is 207 g/mol. The molecule has 0 amide bonds. The van der Waals surface area contributed by atoms with Crippen molar-refractivity contribution in [3.63, 3.8) is 0 Å². The Morgan fingerprint density at radius 3 is 2.44 bits per heavy atom. The first-order valence-electron chi connectivity index (χ1n) is 4.76. The number of halogens is 1. The van der Waals surface area contributed by atoms with Gasteiger partial charge in [0.25, 0.3) is 0 Å². The van der Waals surface area contributed by atoms with E-state index in [1.165, 1.54) is 19.2 Å². The maximum atomic E-state index is 12.7. The lowest BCUT2D eigenvalue weighted by atomic mass is 10.1. The molecule has 0 aliphatic rings. The third kappa shape index (κ3) is 1.95. The van der Waals surface area contributed by atoms with E-state index in [1.54, 1.807) is 24.4 Å². The maximum Gasteiger partial charge on any atom is 0.236 e. The Balaban J connectivity index is 2.41. The van der Waals surface area contributed by atoms with Crippen LogP contribution >= 0.6 is 0 Å². The normalized spacial score (nSPS) is 10.1. The fourth-order valence-corrected chi connectivity index (χ4v) is 1.44. The van der Waals surface area contributed by atoms with Gasteiger partial charge in [0.2, 0.25) is 5.88 Å². The predicted octanol–water partition coefficient (Wildman–Crippen LogP) is 2.48. The highest BCUT2D eigenvalue weighted by Gasteiger charge is 2.04. The first-order valence-corrected chi connectivity index (χ1v) is 4.76. The van der Waals surface area contributed by atoms with Crippen LogP contribution in [-0.2, 0) is 0 Å². The number of methoxy groups -OCH3 is 1. The van der Waals surface area contributed by atoms with Crippen LogP contribution in [0.25, 0.3) is 11.1 Å². The van der Waals surface area contributed by atoms with E-state index in [0.29, 0.717) is 11.6 Å². The fraction of sp³-hybridized carbons (Fsp3) is 0.0833. The summed E-state index contributed by atoms with van der Waals surface area (Å²) in [5, 5.41) is 0. The average molecular weight is 218 g/mol. The summed E-state index contributed by atoms with van der Waals surface area (Å²) in [6, 6.07) is 7.90. The molecule has 0 radical (unpaired) electrons. The molecule has 0 spiro atoms. The zero-order valence-corrected chi connectivity index (χ0v) is 8.77. The van der Waals surface area contributed by atoms with Crippen LogP contribution in [0.2, 0.25) is 0 Å². The van der Waals surface area contributed by atoms with Crippen LogP contribution < -0.4 is 10.5 Å². The van der Waals surface area contributed by atoms with Gasteiger partial charge in [-0.25, -0.2) is 9.37 Å². The number of ether oxygens (including phenoxy) is 1. The zero-order chi connectivity index (χ0) is 11.5. The molecule has 16 heavy (non-hydrogen) atoms. The van der Waals surface area contributed by atoms with Crippen LogP contribution in [0.3, 0.4) is 0 Å². The molecule has 0 aliphatic heterocycles. The molecule has 1 heterocycles. The second-order valence-corrected chi connectivity index (χ2v) is 3.33. The Bertz CT molecular complexity index is 497. The number of aromatic nitrogens is 1. The predicted molar refractivity (Wildman–Crippen MR) is 60.6 cm³/mol. The maximum absolute atomic E-state index is 12.7. The standard InChI is InChI=1S/C12H11FN2O/c1-16-12-11(14)6-9(7-15-12)8-2-4-10(13)5-3-8/h2-7H,14H2,1H3. The van der Waals surface area contributed by atoms with Gasteiger partial charge < -0.3 is 10.5 Å². The van der Waals surface area contributed by atoms with Crippen LogP contribution in [0.4, 0.5) is 10.1 Å². The Hall–Kier alpha value is -2.10. The van der Waals surface area contributed by atoms with E-state index in [4.69, 9.17) is 10.5 Å². The number of nitrogens with two attached hydrogens (primary N) is 1.